The first-order chi connectivity index (χ1) is 15.6. The molecule has 7 heteroatoms. The first-order valence-electron chi connectivity index (χ1n) is 11.7. The van der Waals surface area contributed by atoms with Crippen LogP contribution in [-0.2, 0) is 6.42 Å². The molecule has 5 heterocycles. The summed E-state index contributed by atoms with van der Waals surface area (Å²) in [5.41, 5.74) is 6.02. The van der Waals surface area contributed by atoms with Crippen molar-refractivity contribution in [2.75, 3.05) is 13.1 Å². The highest BCUT2D eigenvalue weighted by Crippen LogP contribution is 2.34. The van der Waals surface area contributed by atoms with E-state index >= 15 is 0 Å². The summed E-state index contributed by atoms with van der Waals surface area (Å²) < 4.78 is 3.53. The van der Waals surface area contributed by atoms with Crippen molar-refractivity contribution in [3.63, 3.8) is 0 Å². The van der Waals surface area contributed by atoms with Crippen molar-refractivity contribution >= 4 is 11.2 Å². The Morgan fingerprint density at radius 3 is 2.56 bits per heavy atom. The molecule has 0 bridgehead atoms. The monoisotopic (exact) mass is 428 g/mol. The molecule has 32 heavy (non-hydrogen) atoms. The van der Waals surface area contributed by atoms with Crippen LogP contribution in [0.25, 0.3) is 22.6 Å². The van der Waals surface area contributed by atoms with Crippen LogP contribution in [0.1, 0.15) is 55.5 Å². The van der Waals surface area contributed by atoms with Gasteiger partial charge in [-0.15, -0.1) is 0 Å². The molecule has 4 aromatic rings. The lowest BCUT2D eigenvalue weighted by atomic mass is 9.90. The fourth-order valence-corrected chi connectivity index (χ4v) is 5.10. The highest BCUT2D eigenvalue weighted by atomic mass is 16.1. The van der Waals surface area contributed by atoms with Crippen LogP contribution in [-0.4, -0.2) is 48.0 Å². The minimum absolute atomic E-state index is 0.0654. The van der Waals surface area contributed by atoms with Crippen molar-refractivity contribution in [1.82, 2.24) is 28.9 Å². The van der Waals surface area contributed by atoms with Gasteiger partial charge in [-0.2, -0.15) is 5.10 Å². The lowest BCUT2D eigenvalue weighted by Gasteiger charge is -2.32. The maximum atomic E-state index is 13.0. The summed E-state index contributed by atoms with van der Waals surface area (Å²) in [4.78, 5) is 25.0. The number of likely N-dealkylation sites (tertiary alicyclic amines) is 1. The van der Waals surface area contributed by atoms with E-state index in [9.17, 15) is 4.79 Å². The molecule has 1 aliphatic heterocycles. The summed E-state index contributed by atoms with van der Waals surface area (Å²) in [6.07, 6.45) is 9.79. The topological polar surface area (TPSA) is 67.8 Å². The third kappa shape index (κ3) is 3.41. The molecule has 0 amide bonds. The summed E-state index contributed by atoms with van der Waals surface area (Å²) in [5.74, 6) is 0.516. The smallest absolute Gasteiger partial charge is 0.258 e. The van der Waals surface area contributed by atoms with Gasteiger partial charge in [0.2, 0.25) is 0 Å². The fourth-order valence-electron chi connectivity index (χ4n) is 5.10. The van der Waals surface area contributed by atoms with Crippen molar-refractivity contribution < 1.29 is 0 Å². The van der Waals surface area contributed by atoms with Gasteiger partial charge in [0.05, 0.1) is 28.8 Å². The van der Waals surface area contributed by atoms with Gasteiger partial charge in [0.25, 0.3) is 5.56 Å². The Kier molecular flexibility index (Phi) is 4.61. The Bertz CT molecular complexity index is 1370. The molecular weight excluding hydrogens is 400 g/mol. The molecule has 0 atom stereocenters. The van der Waals surface area contributed by atoms with E-state index in [0.717, 1.165) is 42.2 Å². The van der Waals surface area contributed by atoms with Gasteiger partial charge in [0.1, 0.15) is 11.3 Å². The number of nitrogens with zero attached hydrogens (tertiary/aromatic N) is 6. The van der Waals surface area contributed by atoms with E-state index in [1.54, 1.807) is 10.5 Å². The van der Waals surface area contributed by atoms with Gasteiger partial charge < -0.3 is 4.90 Å². The largest absolute Gasteiger partial charge is 0.300 e. The first kappa shape index (κ1) is 19.6. The molecule has 1 saturated carbocycles. The van der Waals surface area contributed by atoms with Crippen LogP contribution in [0.5, 0.6) is 0 Å². The van der Waals surface area contributed by atoms with Crippen LogP contribution in [0, 0.1) is 6.92 Å². The third-order valence-corrected chi connectivity index (χ3v) is 7.00. The summed E-state index contributed by atoms with van der Waals surface area (Å²) in [6, 6.07) is 8.54. The molecule has 0 unspecified atom stereocenters. The summed E-state index contributed by atoms with van der Waals surface area (Å²) >= 11 is 0. The van der Waals surface area contributed by atoms with Crippen molar-refractivity contribution in [3.8, 4) is 11.4 Å². The number of hydrogen-bond donors (Lipinski definition) is 0. The van der Waals surface area contributed by atoms with Crippen molar-refractivity contribution in [1.29, 1.82) is 0 Å². The second-order valence-corrected chi connectivity index (χ2v) is 9.25. The third-order valence-electron chi connectivity index (χ3n) is 7.00. The van der Waals surface area contributed by atoms with Crippen LogP contribution in [0.4, 0.5) is 0 Å². The highest BCUT2D eigenvalue weighted by molar-refractivity contribution is 5.66. The van der Waals surface area contributed by atoms with Gasteiger partial charge in [-0.05, 0) is 75.7 Å². The second kappa shape index (κ2) is 7.52. The Morgan fingerprint density at radius 2 is 1.81 bits per heavy atom. The Balaban J connectivity index is 1.33. The summed E-state index contributed by atoms with van der Waals surface area (Å²) in [6.45, 7) is 6.39. The van der Waals surface area contributed by atoms with E-state index in [1.807, 2.05) is 36.0 Å². The Hall–Kier alpha value is -3.06. The fraction of sp³-hybridized carbons (Fsp3) is 0.440. The van der Waals surface area contributed by atoms with E-state index in [1.165, 1.54) is 31.5 Å². The minimum atomic E-state index is -0.0654. The predicted octanol–water partition coefficient (Wildman–Crippen LogP) is 3.62. The molecule has 164 valence electrons. The zero-order valence-corrected chi connectivity index (χ0v) is 18.7. The number of pyridine rings is 1. The average molecular weight is 429 g/mol. The molecule has 0 spiro atoms. The summed E-state index contributed by atoms with van der Waals surface area (Å²) in [7, 11) is 0. The van der Waals surface area contributed by atoms with Crippen LogP contribution in [0.2, 0.25) is 0 Å². The van der Waals surface area contributed by atoms with Crippen molar-refractivity contribution in [3.05, 3.63) is 64.0 Å². The second-order valence-electron chi connectivity index (χ2n) is 9.25. The van der Waals surface area contributed by atoms with Gasteiger partial charge in [-0.3, -0.25) is 14.2 Å². The number of aromatic nitrogens is 5. The van der Waals surface area contributed by atoms with E-state index in [2.05, 4.69) is 28.0 Å². The molecule has 0 N–H and O–H groups in total. The molecule has 4 aromatic heterocycles. The van der Waals surface area contributed by atoms with Gasteiger partial charge in [-0.1, -0.05) is 13.0 Å². The first-order valence-corrected chi connectivity index (χ1v) is 11.7. The number of piperidine rings is 1. The minimum Gasteiger partial charge on any atom is -0.300 e. The molecule has 2 aliphatic rings. The average Bonchev–Trinajstić information content (AvgIpc) is 3.57. The van der Waals surface area contributed by atoms with E-state index in [0.29, 0.717) is 23.0 Å². The quantitative estimate of drug-likeness (QED) is 0.497. The normalized spacial score (nSPS) is 18.1. The molecular formula is C25H28N6O. The molecule has 0 radical (unpaired) electrons. The van der Waals surface area contributed by atoms with E-state index in [4.69, 9.17) is 4.98 Å². The van der Waals surface area contributed by atoms with Gasteiger partial charge in [0.15, 0.2) is 0 Å². The maximum absolute atomic E-state index is 13.0. The SMILES string of the molecule is CCc1nc(C)cn2nc(-c3cc(=O)n4cc(C5CCN(C6CC6)CC5)ccc4n3)cc12. The number of fused-ring (bicyclic) bond motifs is 2. The molecule has 1 saturated heterocycles. The van der Waals surface area contributed by atoms with Crippen LogP contribution in [0.3, 0.4) is 0 Å². The van der Waals surface area contributed by atoms with E-state index < -0.39 is 0 Å². The van der Waals surface area contributed by atoms with Gasteiger partial charge in [0, 0.05) is 18.3 Å². The molecule has 0 aromatic carbocycles. The molecule has 7 nitrogen and oxygen atoms in total. The van der Waals surface area contributed by atoms with Crippen LogP contribution in [0.15, 0.2) is 41.5 Å². The summed E-state index contributed by atoms with van der Waals surface area (Å²) in [5, 5.41) is 4.68. The number of rotatable bonds is 4. The van der Waals surface area contributed by atoms with Gasteiger partial charge >= 0.3 is 0 Å². The molecule has 1 aliphatic carbocycles. The van der Waals surface area contributed by atoms with Crippen molar-refractivity contribution in [2.24, 2.45) is 0 Å². The molecule has 2 fully saturated rings. The standard InChI is InChI=1S/C25H28N6O/c1-3-20-23-12-22(28-31(23)14-16(2)26-20)21-13-25(32)30-15-18(4-7-24(30)27-21)17-8-10-29(11-9-17)19-5-6-19/h4,7,12-15,17,19H,3,5-6,8-11H2,1-2H3. The zero-order chi connectivity index (χ0) is 21.8. The van der Waals surface area contributed by atoms with Crippen LogP contribution < -0.4 is 5.56 Å². The lowest BCUT2D eigenvalue weighted by Crippen LogP contribution is -2.34. The van der Waals surface area contributed by atoms with Gasteiger partial charge in [-0.25, -0.2) is 9.50 Å². The maximum Gasteiger partial charge on any atom is 0.258 e. The zero-order valence-electron chi connectivity index (χ0n) is 18.7. The molecule has 6 rings (SSSR count). The Morgan fingerprint density at radius 1 is 1.00 bits per heavy atom. The number of hydrogen-bond acceptors (Lipinski definition) is 5. The van der Waals surface area contributed by atoms with Crippen molar-refractivity contribution in [2.45, 2.75) is 57.9 Å². The van der Waals surface area contributed by atoms with Crippen LogP contribution >= 0.6 is 0 Å². The van der Waals surface area contributed by atoms with E-state index in [-0.39, 0.29) is 5.56 Å². The predicted molar refractivity (Wildman–Crippen MR) is 124 cm³/mol. The highest BCUT2D eigenvalue weighted by Gasteiger charge is 2.32. The Labute approximate surface area is 186 Å². The lowest BCUT2D eigenvalue weighted by molar-refractivity contribution is 0.203. The number of aryl methyl sites for hydroxylation is 2.